The zero-order valence-corrected chi connectivity index (χ0v) is 20.0. The fourth-order valence-corrected chi connectivity index (χ4v) is 2.27. The van der Waals surface area contributed by atoms with Crippen LogP contribution in [-0.2, 0) is 37.9 Å². The first-order chi connectivity index (χ1) is 14.8. The molecule has 0 aliphatic carbocycles. The highest BCUT2D eigenvalue weighted by molar-refractivity contribution is 14.1. The molecule has 0 saturated heterocycles. The standard InChI is InChI=1S/C19H38INO9/c20-3-6-24-8-10-26-12-14-28-16-18-29-17-15-27-13-11-25-9-7-23-4-1-2-5-30-19(21)22/h1-18H2,(H2,21,22). The molecule has 0 aliphatic rings. The van der Waals surface area contributed by atoms with E-state index in [-0.39, 0.29) is 0 Å². The van der Waals surface area contributed by atoms with Gasteiger partial charge in [-0.3, -0.25) is 0 Å². The Bertz CT molecular complexity index is 354. The number of carbonyl (C=O) groups excluding carboxylic acids is 1. The highest BCUT2D eigenvalue weighted by Crippen LogP contribution is 1.92. The maximum Gasteiger partial charge on any atom is 0.404 e. The van der Waals surface area contributed by atoms with Crippen LogP contribution in [0.4, 0.5) is 4.79 Å². The van der Waals surface area contributed by atoms with Gasteiger partial charge in [-0.25, -0.2) is 4.79 Å². The van der Waals surface area contributed by atoms with E-state index in [1.165, 1.54) is 0 Å². The molecule has 30 heavy (non-hydrogen) atoms. The van der Waals surface area contributed by atoms with Gasteiger partial charge in [0.1, 0.15) is 0 Å². The first-order valence-corrected chi connectivity index (χ1v) is 11.8. The summed E-state index contributed by atoms with van der Waals surface area (Å²) < 4.78 is 43.3. The van der Waals surface area contributed by atoms with Gasteiger partial charge in [0, 0.05) is 11.0 Å². The van der Waals surface area contributed by atoms with Gasteiger partial charge in [-0.1, -0.05) is 22.6 Å². The monoisotopic (exact) mass is 551 g/mol. The zero-order valence-electron chi connectivity index (χ0n) is 17.9. The molecule has 0 heterocycles. The Labute approximate surface area is 193 Å². The van der Waals surface area contributed by atoms with Crippen molar-refractivity contribution in [3.8, 4) is 0 Å². The van der Waals surface area contributed by atoms with Crippen molar-refractivity contribution in [2.24, 2.45) is 5.73 Å². The van der Waals surface area contributed by atoms with Crippen molar-refractivity contribution in [1.82, 2.24) is 0 Å². The van der Waals surface area contributed by atoms with Crippen LogP contribution in [0.1, 0.15) is 12.8 Å². The molecule has 0 aliphatic heterocycles. The van der Waals surface area contributed by atoms with E-state index in [1.54, 1.807) is 0 Å². The van der Waals surface area contributed by atoms with Crippen LogP contribution in [0, 0.1) is 0 Å². The minimum atomic E-state index is -0.742. The van der Waals surface area contributed by atoms with E-state index in [9.17, 15) is 4.79 Å². The number of ether oxygens (including phenoxy) is 8. The molecule has 2 N–H and O–H groups in total. The molecule has 0 atom stereocenters. The lowest BCUT2D eigenvalue weighted by atomic mass is 10.3. The number of hydrogen-bond acceptors (Lipinski definition) is 9. The number of carbonyl (C=O) groups is 1. The molecule has 0 aromatic heterocycles. The lowest BCUT2D eigenvalue weighted by Crippen LogP contribution is -2.15. The largest absolute Gasteiger partial charge is 0.450 e. The Hall–Kier alpha value is -0.280. The molecule has 0 saturated carbocycles. The second kappa shape index (κ2) is 26.8. The molecule has 0 aromatic carbocycles. The maximum atomic E-state index is 10.4. The van der Waals surface area contributed by atoms with Crippen molar-refractivity contribution >= 4 is 28.7 Å². The first kappa shape index (κ1) is 29.7. The number of alkyl halides is 1. The van der Waals surface area contributed by atoms with Crippen molar-refractivity contribution < 1.29 is 42.7 Å². The van der Waals surface area contributed by atoms with E-state index < -0.39 is 6.09 Å². The van der Waals surface area contributed by atoms with Crippen molar-refractivity contribution in [2.75, 3.05) is 104 Å². The van der Waals surface area contributed by atoms with Gasteiger partial charge in [-0.15, -0.1) is 0 Å². The summed E-state index contributed by atoms with van der Waals surface area (Å²) in [6, 6.07) is 0. The molecule has 10 nitrogen and oxygen atoms in total. The van der Waals surface area contributed by atoms with Crippen LogP contribution in [-0.4, -0.2) is 110 Å². The van der Waals surface area contributed by atoms with Crippen LogP contribution in [0.5, 0.6) is 0 Å². The van der Waals surface area contributed by atoms with Crippen LogP contribution >= 0.6 is 22.6 Å². The number of nitrogens with two attached hydrogens (primary N) is 1. The van der Waals surface area contributed by atoms with Crippen LogP contribution in [0.3, 0.4) is 0 Å². The highest BCUT2D eigenvalue weighted by Gasteiger charge is 1.96. The number of hydrogen-bond donors (Lipinski definition) is 1. The third-order valence-electron chi connectivity index (χ3n) is 3.38. The average molecular weight is 551 g/mol. The fourth-order valence-electron chi connectivity index (χ4n) is 1.96. The molecule has 0 radical (unpaired) electrons. The molecule has 0 unspecified atom stereocenters. The Morgan fingerprint density at radius 2 is 0.800 bits per heavy atom. The summed E-state index contributed by atoms with van der Waals surface area (Å²) >= 11 is 2.27. The predicted octanol–water partition coefficient (Wildman–Crippen LogP) is 1.41. The molecule has 1 amide bonds. The summed E-state index contributed by atoms with van der Waals surface area (Å²) in [7, 11) is 0. The molecule has 0 rings (SSSR count). The lowest BCUT2D eigenvalue weighted by Gasteiger charge is -2.08. The minimum absolute atomic E-state index is 0.327. The average Bonchev–Trinajstić information content (AvgIpc) is 2.73. The van der Waals surface area contributed by atoms with Crippen molar-refractivity contribution in [2.45, 2.75) is 12.8 Å². The fraction of sp³-hybridized carbons (Fsp3) is 0.947. The van der Waals surface area contributed by atoms with E-state index in [0.29, 0.717) is 92.5 Å². The molecular weight excluding hydrogens is 513 g/mol. The van der Waals surface area contributed by atoms with Gasteiger partial charge in [0.2, 0.25) is 0 Å². The van der Waals surface area contributed by atoms with Gasteiger partial charge >= 0.3 is 6.09 Å². The van der Waals surface area contributed by atoms with Gasteiger partial charge in [-0.2, -0.15) is 0 Å². The second-order valence-corrected chi connectivity index (χ2v) is 6.93. The highest BCUT2D eigenvalue weighted by atomic mass is 127. The quantitative estimate of drug-likeness (QED) is 0.102. The third kappa shape index (κ3) is 27.7. The number of unbranched alkanes of at least 4 members (excludes halogenated alkanes) is 1. The van der Waals surface area contributed by atoms with Gasteiger partial charge in [0.15, 0.2) is 0 Å². The summed E-state index contributed by atoms with van der Waals surface area (Å²) in [5.41, 5.74) is 4.85. The molecule has 0 bridgehead atoms. The van der Waals surface area contributed by atoms with Crippen molar-refractivity contribution in [1.29, 1.82) is 0 Å². The summed E-state index contributed by atoms with van der Waals surface area (Å²) in [4.78, 5) is 10.4. The Morgan fingerprint density at radius 1 is 0.500 bits per heavy atom. The smallest absolute Gasteiger partial charge is 0.404 e. The first-order valence-electron chi connectivity index (χ1n) is 10.3. The van der Waals surface area contributed by atoms with E-state index >= 15 is 0 Å². The third-order valence-corrected chi connectivity index (χ3v) is 3.82. The van der Waals surface area contributed by atoms with Crippen molar-refractivity contribution in [3.63, 3.8) is 0 Å². The van der Waals surface area contributed by atoms with E-state index in [0.717, 1.165) is 23.9 Å². The molecular formula is C19H38INO9. The van der Waals surface area contributed by atoms with Crippen LogP contribution in [0.25, 0.3) is 0 Å². The molecule has 0 fully saturated rings. The Balaban J connectivity index is 2.99. The molecule has 0 aromatic rings. The number of primary amides is 1. The minimum Gasteiger partial charge on any atom is -0.450 e. The van der Waals surface area contributed by atoms with Gasteiger partial charge < -0.3 is 43.6 Å². The number of rotatable bonds is 25. The van der Waals surface area contributed by atoms with Crippen LogP contribution in [0.2, 0.25) is 0 Å². The van der Waals surface area contributed by atoms with Gasteiger partial charge in [0.25, 0.3) is 0 Å². The molecule has 11 heteroatoms. The molecule has 0 spiro atoms. The molecule has 180 valence electrons. The summed E-state index contributed by atoms with van der Waals surface area (Å²) in [6.45, 7) is 8.23. The summed E-state index contributed by atoms with van der Waals surface area (Å²) in [5, 5.41) is 0. The lowest BCUT2D eigenvalue weighted by molar-refractivity contribution is -0.0201. The summed E-state index contributed by atoms with van der Waals surface area (Å²) in [6.07, 6.45) is 0.798. The maximum absolute atomic E-state index is 10.4. The van der Waals surface area contributed by atoms with E-state index in [2.05, 4.69) is 27.3 Å². The second-order valence-electron chi connectivity index (χ2n) is 5.85. The number of halogens is 1. The van der Waals surface area contributed by atoms with Crippen LogP contribution in [0.15, 0.2) is 0 Å². The number of amides is 1. The predicted molar refractivity (Wildman–Crippen MR) is 119 cm³/mol. The SMILES string of the molecule is NC(=O)OCCCCOCCOCCOCCOCCOCCOCCOCCI. The Kier molecular flexibility index (Phi) is 26.5. The van der Waals surface area contributed by atoms with E-state index in [4.69, 9.17) is 38.9 Å². The van der Waals surface area contributed by atoms with Crippen LogP contribution < -0.4 is 5.73 Å². The zero-order chi connectivity index (χ0) is 22.0. The topological polar surface area (TPSA) is 117 Å². The van der Waals surface area contributed by atoms with E-state index in [1.807, 2.05) is 0 Å². The Morgan fingerprint density at radius 3 is 1.13 bits per heavy atom. The summed E-state index contributed by atoms with van der Waals surface area (Å²) in [5.74, 6) is 0. The van der Waals surface area contributed by atoms with Gasteiger partial charge in [-0.05, 0) is 12.8 Å². The normalized spacial score (nSPS) is 11.1. The van der Waals surface area contributed by atoms with Gasteiger partial charge in [0.05, 0.1) is 92.5 Å². The van der Waals surface area contributed by atoms with Crippen molar-refractivity contribution in [3.05, 3.63) is 0 Å².